The van der Waals surface area contributed by atoms with Gasteiger partial charge in [0.15, 0.2) is 11.5 Å². The summed E-state index contributed by atoms with van der Waals surface area (Å²) < 4.78 is 33.6. The van der Waals surface area contributed by atoms with Gasteiger partial charge < -0.3 is 59.1 Å². The molecule has 250 valence electrons. The predicted molar refractivity (Wildman–Crippen MR) is 141 cm³/mol. The lowest BCUT2D eigenvalue weighted by Gasteiger charge is -2.67. The Morgan fingerprint density at radius 2 is 1.73 bits per heavy atom. The quantitative estimate of drug-likeness (QED) is 0.127. The molecule has 6 rings (SSSR count). The van der Waals surface area contributed by atoms with Gasteiger partial charge in [-0.3, -0.25) is 9.59 Å². The molecule has 16 heteroatoms. The maximum absolute atomic E-state index is 13.7. The van der Waals surface area contributed by atoms with Crippen molar-refractivity contribution < 1.29 is 78.2 Å². The van der Waals surface area contributed by atoms with Crippen LogP contribution in [-0.2, 0) is 47.6 Å². The molecule has 0 aromatic rings. The summed E-state index contributed by atoms with van der Waals surface area (Å²) >= 11 is 0. The van der Waals surface area contributed by atoms with Crippen molar-refractivity contribution in [2.75, 3.05) is 20.3 Å². The van der Waals surface area contributed by atoms with Crippen LogP contribution in [0.4, 0.5) is 0 Å². The van der Waals surface area contributed by atoms with Gasteiger partial charge in [-0.15, -0.1) is 0 Å². The lowest BCUT2D eigenvalue weighted by Crippen LogP contribution is -2.79. The largest absolute Gasteiger partial charge is 0.467 e. The molecule has 0 radical (unpaired) electrons. The van der Waals surface area contributed by atoms with E-state index in [0.717, 1.165) is 14.0 Å². The molecule has 45 heavy (non-hydrogen) atoms. The van der Waals surface area contributed by atoms with Crippen LogP contribution in [0.2, 0.25) is 0 Å². The fourth-order valence-electron chi connectivity index (χ4n) is 9.36. The number of methoxy groups -OCH3 is 1. The van der Waals surface area contributed by atoms with Crippen molar-refractivity contribution in [1.29, 1.82) is 0 Å². The van der Waals surface area contributed by atoms with Crippen molar-refractivity contribution in [3.8, 4) is 0 Å². The molecule has 2 saturated carbocycles. The smallest absolute Gasteiger partial charge is 0.348 e. The number of hydrogen-bond acceptors (Lipinski definition) is 16. The molecule has 4 unspecified atom stereocenters. The first-order valence-corrected chi connectivity index (χ1v) is 14.8. The van der Waals surface area contributed by atoms with Gasteiger partial charge in [0.2, 0.25) is 18.0 Å². The van der Waals surface area contributed by atoms with Crippen molar-refractivity contribution in [3.05, 3.63) is 11.8 Å². The van der Waals surface area contributed by atoms with E-state index < -0.39 is 126 Å². The maximum atomic E-state index is 13.7. The third-order valence-corrected chi connectivity index (χ3v) is 11.2. The van der Waals surface area contributed by atoms with Crippen LogP contribution in [-0.4, -0.2) is 135 Å². The molecular formula is C29H38O16. The Morgan fingerprint density at radius 3 is 2.36 bits per heavy atom. The van der Waals surface area contributed by atoms with Gasteiger partial charge in [0.25, 0.3) is 0 Å². The molecule has 5 fully saturated rings. The Balaban J connectivity index is 1.49. The fourth-order valence-corrected chi connectivity index (χ4v) is 9.36. The standard InChI is InChI=1S/C29H38O16/c1-9-11-5-14-28-8-41-29(26(39)40-4,22(28)20(24(38)45-14)42-10(2)31)23(37)19(36)21(28)27(11,3)6-12(15(9)32)43-25-18(35)17(34)16(33)13(7-30)44-25/h6,9,11,13-14,16-23,25,30,33-37H,5,7-8H2,1-4H3/t9?,11?,13-,14-,16-,17-,18-,19-,20-,21?,22-,23?,25-,27+,28-,29+/m1/s1. The van der Waals surface area contributed by atoms with E-state index in [0.29, 0.717) is 0 Å². The van der Waals surface area contributed by atoms with Gasteiger partial charge in [-0.25, -0.2) is 9.59 Å². The number of hydrogen-bond donors (Lipinski definition) is 6. The normalized spacial score (nSPS) is 51.7. The highest BCUT2D eigenvalue weighted by molar-refractivity contribution is 5.96. The van der Waals surface area contributed by atoms with Crippen LogP contribution < -0.4 is 0 Å². The molecule has 1 spiro atoms. The SMILES string of the molecule is COC(=O)[C@@]12OC[C@]34C([C@@H](O)C1O)[C@@]1(C)C=C(O[C@@H]5O[C@H](CO)[C@@H](O)[C@@H](O)[C@H]5O)C(=O)C(C)C1C[C@H]3OC(=O)[C@H](OC(C)=O)[C@H]42. The number of Topliss-reactive ketones (excluding diaryl/α,β-unsaturated/α-hetero) is 1. The molecule has 2 bridgehead atoms. The number of carbonyl (C=O) groups excluding carboxylic acids is 4. The highest BCUT2D eigenvalue weighted by atomic mass is 16.7. The molecule has 3 aliphatic heterocycles. The van der Waals surface area contributed by atoms with Gasteiger partial charge in [-0.1, -0.05) is 13.8 Å². The minimum atomic E-state index is -2.30. The van der Waals surface area contributed by atoms with Gasteiger partial charge in [-0.2, -0.15) is 0 Å². The number of aliphatic hydroxyl groups excluding tert-OH is 6. The fraction of sp³-hybridized carbons (Fsp3) is 0.793. The first-order chi connectivity index (χ1) is 21.1. The molecule has 0 aromatic heterocycles. The van der Waals surface area contributed by atoms with E-state index in [1.165, 1.54) is 6.08 Å². The number of aliphatic hydroxyl groups is 6. The van der Waals surface area contributed by atoms with Gasteiger partial charge in [0.1, 0.15) is 36.6 Å². The predicted octanol–water partition coefficient (Wildman–Crippen LogP) is -3.31. The van der Waals surface area contributed by atoms with E-state index >= 15 is 0 Å². The molecule has 16 atom stereocenters. The lowest BCUT2D eigenvalue weighted by molar-refractivity contribution is -0.296. The molecule has 6 N–H and O–H groups in total. The summed E-state index contributed by atoms with van der Waals surface area (Å²) in [4.78, 5) is 52.7. The van der Waals surface area contributed by atoms with E-state index in [2.05, 4.69) is 0 Å². The van der Waals surface area contributed by atoms with Crippen molar-refractivity contribution in [3.63, 3.8) is 0 Å². The van der Waals surface area contributed by atoms with Crippen LogP contribution in [0.3, 0.4) is 0 Å². The number of rotatable bonds is 5. The zero-order valence-electron chi connectivity index (χ0n) is 25.0. The molecule has 6 aliphatic rings. The minimum Gasteiger partial charge on any atom is -0.467 e. The van der Waals surface area contributed by atoms with E-state index in [-0.39, 0.29) is 18.8 Å². The summed E-state index contributed by atoms with van der Waals surface area (Å²) in [6, 6.07) is 0. The number of ether oxygens (including phenoxy) is 6. The van der Waals surface area contributed by atoms with Gasteiger partial charge in [0.05, 0.1) is 32.3 Å². The minimum absolute atomic E-state index is 0.0577. The first kappa shape index (κ1) is 32.2. The number of fused-ring (bicyclic) bond motifs is 2. The summed E-state index contributed by atoms with van der Waals surface area (Å²) in [7, 11) is 1.05. The first-order valence-electron chi connectivity index (χ1n) is 14.8. The summed E-state index contributed by atoms with van der Waals surface area (Å²) in [5.41, 5.74) is -5.00. The Hall–Kier alpha value is -2.70. The van der Waals surface area contributed by atoms with E-state index in [4.69, 9.17) is 28.4 Å². The number of carbonyl (C=O) groups is 4. The Morgan fingerprint density at radius 1 is 1.04 bits per heavy atom. The Bertz CT molecular complexity index is 1310. The zero-order chi connectivity index (χ0) is 33.0. The van der Waals surface area contributed by atoms with Crippen LogP contribution in [0.25, 0.3) is 0 Å². The Kier molecular flexibility index (Phi) is 7.64. The average Bonchev–Trinajstić information content (AvgIpc) is 3.30. The van der Waals surface area contributed by atoms with Gasteiger partial charge in [0, 0.05) is 24.2 Å². The molecule has 3 saturated heterocycles. The molecule has 3 aliphatic carbocycles. The second-order valence-corrected chi connectivity index (χ2v) is 13.2. The second-order valence-electron chi connectivity index (χ2n) is 13.2. The van der Waals surface area contributed by atoms with Crippen molar-refractivity contribution in [2.45, 2.75) is 87.9 Å². The topological polar surface area (TPSA) is 245 Å². The van der Waals surface area contributed by atoms with Gasteiger partial charge >= 0.3 is 17.9 Å². The van der Waals surface area contributed by atoms with E-state index in [1.54, 1.807) is 13.8 Å². The number of allylic oxidation sites excluding steroid dienone is 2. The number of esters is 3. The third kappa shape index (κ3) is 4.06. The third-order valence-electron chi connectivity index (χ3n) is 11.2. The summed E-state index contributed by atoms with van der Waals surface area (Å²) in [6.45, 7) is 3.33. The van der Waals surface area contributed by atoms with E-state index in [1.807, 2.05) is 0 Å². The van der Waals surface area contributed by atoms with E-state index in [9.17, 15) is 49.8 Å². The maximum Gasteiger partial charge on any atom is 0.348 e. The molecule has 3 heterocycles. The van der Waals surface area contributed by atoms with Crippen molar-refractivity contribution in [2.24, 2.45) is 34.5 Å². The average molecular weight is 643 g/mol. The molecule has 0 aromatic carbocycles. The second kappa shape index (κ2) is 10.7. The lowest BCUT2D eigenvalue weighted by atomic mass is 9.38. The van der Waals surface area contributed by atoms with Crippen LogP contribution in [0.1, 0.15) is 27.2 Å². The van der Waals surface area contributed by atoms with Crippen LogP contribution in [0.15, 0.2) is 11.8 Å². The number of ketones is 1. The van der Waals surface area contributed by atoms with Crippen molar-refractivity contribution in [1.82, 2.24) is 0 Å². The van der Waals surface area contributed by atoms with Crippen LogP contribution in [0.5, 0.6) is 0 Å². The highest BCUT2D eigenvalue weighted by Crippen LogP contribution is 2.72. The molecule has 16 nitrogen and oxygen atoms in total. The van der Waals surface area contributed by atoms with Crippen LogP contribution in [0, 0.1) is 34.5 Å². The van der Waals surface area contributed by atoms with Gasteiger partial charge in [-0.05, 0) is 23.8 Å². The monoisotopic (exact) mass is 642 g/mol. The van der Waals surface area contributed by atoms with Crippen LogP contribution >= 0.6 is 0 Å². The molecular weight excluding hydrogens is 604 g/mol. The summed E-state index contributed by atoms with van der Waals surface area (Å²) in [5.74, 6) is -7.70. The zero-order valence-corrected chi connectivity index (χ0v) is 25.0. The summed E-state index contributed by atoms with van der Waals surface area (Å²) in [6.07, 6.45) is -13.2. The summed E-state index contributed by atoms with van der Waals surface area (Å²) in [5, 5.41) is 64.2. The highest BCUT2D eigenvalue weighted by Gasteiger charge is 2.85. The van der Waals surface area contributed by atoms with Crippen molar-refractivity contribution >= 4 is 23.7 Å². The Labute approximate surface area is 256 Å². The molecule has 0 amide bonds.